The third-order valence-corrected chi connectivity index (χ3v) is 5.06. The van der Waals surface area contributed by atoms with E-state index in [-0.39, 0.29) is 0 Å². The number of guanidine groups is 1. The zero-order valence-corrected chi connectivity index (χ0v) is 18.3. The molecule has 0 unspecified atom stereocenters. The van der Waals surface area contributed by atoms with Gasteiger partial charge in [-0.3, -0.25) is 4.99 Å². The molecule has 0 saturated heterocycles. The number of nitrogen functional groups attached to an aromatic ring is 1. The van der Waals surface area contributed by atoms with Gasteiger partial charge >= 0.3 is 0 Å². The second-order valence-electron chi connectivity index (χ2n) is 7.84. The fraction of sp³-hybridized carbons (Fsp3) is 0.292. The zero-order valence-electron chi connectivity index (χ0n) is 18.3. The Morgan fingerprint density at radius 1 is 1.23 bits per heavy atom. The summed E-state index contributed by atoms with van der Waals surface area (Å²) in [6.45, 7) is 6.84. The number of aryl methyl sites for hydroxylation is 2. The molecular weight excluding hydrogens is 386 g/mol. The second kappa shape index (κ2) is 9.81. The van der Waals surface area contributed by atoms with Crippen molar-refractivity contribution in [3.8, 4) is 11.8 Å². The first-order valence-corrected chi connectivity index (χ1v) is 10.4. The average molecular weight is 416 g/mol. The Balaban J connectivity index is 1.62. The number of hydrogen-bond acceptors (Lipinski definition) is 4. The van der Waals surface area contributed by atoms with Gasteiger partial charge in [0.2, 0.25) is 0 Å². The lowest BCUT2D eigenvalue weighted by Crippen LogP contribution is -2.23. The van der Waals surface area contributed by atoms with Gasteiger partial charge in [-0.15, -0.1) is 0 Å². The van der Waals surface area contributed by atoms with Crippen LogP contribution in [0.15, 0.2) is 53.5 Å². The summed E-state index contributed by atoms with van der Waals surface area (Å²) in [6, 6.07) is 18.2. The molecule has 1 heterocycles. The highest BCUT2D eigenvalue weighted by atomic mass is 15.3. The van der Waals surface area contributed by atoms with Gasteiger partial charge < -0.3 is 16.8 Å². The molecule has 0 atom stereocenters. The number of nitrogens with one attached hydrogen (secondary N) is 1. The van der Waals surface area contributed by atoms with Crippen molar-refractivity contribution in [2.24, 2.45) is 10.7 Å². The lowest BCUT2D eigenvalue weighted by atomic mass is 10.0. The molecule has 3 rings (SSSR count). The highest BCUT2D eigenvalue weighted by Crippen LogP contribution is 2.22. The van der Waals surface area contributed by atoms with E-state index in [0.717, 1.165) is 16.9 Å². The molecule has 0 bridgehead atoms. The summed E-state index contributed by atoms with van der Waals surface area (Å²) in [5, 5.41) is 17.2. The molecule has 0 aliphatic carbocycles. The SMILES string of the molecule is Cc1ccc(-n2nc(CCCN=C(N)Nc3cccc(C(C)C)c3)c(C#N)c2N)cc1. The van der Waals surface area contributed by atoms with Gasteiger partial charge in [0.1, 0.15) is 17.5 Å². The molecule has 31 heavy (non-hydrogen) atoms. The van der Waals surface area contributed by atoms with Gasteiger partial charge in [0.25, 0.3) is 0 Å². The standard InChI is InChI=1S/C24H29N7/c1-16(2)18-6-4-7-19(14-18)29-24(27)28-13-5-8-22-21(15-25)23(26)31(30-22)20-11-9-17(3)10-12-20/h4,6-7,9-12,14,16H,5,8,13,26H2,1-3H3,(H3,27,28,29). The minimum absolute atomic E-state index is 0.357. The fourth-order valence-corrected chi connectivity index (χ4v) is 3.27. The van der Waals surface area contributed by atoms with Crippen molar-refractivity contribution in [1.82, 2.24) is 9.78 Å². The summed E-state index contributed by atoms with van der Waals surface area (Å²) in [6.07, 6.45) is 1.29. The van der Waals surface area contributed by atoms with E-state index >= 15 is 0 Å². The van der Waals surface area contributed by atoms with Gasteiger partial charge in [0.05, 0.1) is 11.4 Å². The second-order valence-corrected chi connectivity index (χ2v) is 7.84. The first-order chi connectivity index (χ1) is 14.9. The summed E-state index contributed by atoms with van der Waals surface area (Å²) < 4.78 is 1.62. The third kappa shape index (κ3) is 5.43. The van der Waals surface area contributed by atoms with Gasteiger partial charge in [0, 0.05) is 12.2 Å². The van der Waals surface area contributed by atoms with E-state index in [4.69, 9.17) is 11.5 Å². The van der Waals surface area contributed by atoms with Crippen LogP contribution >= 0.6 is 0 Å². The first kappa shape index (κ1) is 21.9. The number of nitriles is 1. The molecule has 0 spiro atoms. The molecular formula is C24H29N7. The van der Waals surface area contributed by atoms with Crippen LogP contribution in [0.25, 0.3) is 5.69 Å². The molecule has 0 radical (unpaired) electrons. The number of benzene rings is 2. The van der Waals surface area contributed by atoms with Crippen LogP contribution in [-0.4, -0.2) is 22.3 Å². The van der Waals surface area contributed by atoms with Crippen LogP contribution in [0.2, 0.25) is 0 Å². The molecule has 160 valence electrons. The smallest absolute Gasteiger partial charge is 0.193 e. The van der Waals surface area contributed by atoms with Crippen molar-refractivity contribution in [2.45, 2.75) is 39.5 Å². The van der Waals surface area contributed by atoms with Crippen LogP contribution in [0.5, 0.6) is 0 Å². The van der Waals surface area contributed by atoms with Crippen molar-refractivity contribution in [3.05, 3.63) is 70.9 Å². The van der Waals surface area contributed by atoms with Crippen molar-refractivity contribution in [3.63, 3.8) is 0 Å². The molecule has 0 fully saturated rings. The fourth-order valence-electron chi connectivity index (χ4n) is 3.27. The minimum atomic E-state index is 0.357. The molecule has 0 aliphatic rings. The Morgan fingerprint density at radius 3 is 2.65 bits per heavy atom. The van der Waals surface area contributed by atoms with E-state index in [1.807, 2.05) is 43.3 Å². The van der Waals surface area contributed by atoms with Crippen LogP contribution in [-0.2, 0) is 6.42 Å². The maximum atomic E-state index is 9.53. The number of rotatable bonds is 7. The van der Waals surface area contributed by atoms with Crippen molar-refractivity contribution >= 4 is 17.5 Å². The zero-order chi connectivity index (χ0) is 22.4. The molecule has 0 aliphatic heterocycles. The Hall–Kier alpha value is -3.79. The molecule has 3 aromatic rings. The molecule has 2 aromatic carbocycles. The maximum Gasteiger partial charge on any atom is 0.193 e. The maximum absolute atomic E-state index is 9.53. The minimum Gasteiger partial charge on any atom is -0.382 e. The molecule has 5 N–H and O–H groups in total. The van der Waals surface area contributed by atoms with E-state index in [9.17, 15) is 5.26 Å². The van der Waals surface area contributed by atoms with Gasteiger partial charge in [-0.05, 0) is 55.5 Å². The molecule has 7 nitrogen and oxygen atoms in total. The van der Waals surface area contributed by atoms with Crippen LogP contribution in [0, 0.1) is 18.3 Å². The van der Waals surface area contributed by atoms with Crippen LogP contribution < -0.4 is 16.8 Å². The molecule has 1 aromatic heterocycles. The van der Waals surface area contributed by atoms with Crippen molar-refractivity contribution in [1.29, 1.82) is 5.26 Å². The highest BCUT2D eigenvalue weighted by Gasteiger charge is 2.16. The quantitative estimate of drug-likeness (QED) is 0.305. The number of anilines is 2. The summed E-state index contributed by atoms with van der Waals surface area (Å²) >= 11 is 0. The molecule has 0 saturated carbocycles. The number of aliphatic imine (C=N–C) groups is 1. The first-order valence-electron chi connectivity index (χ1n) is 10.4. The largest absolute Gasteiger partial charge is 0.382 e. The van der Waals surface area contributed by atoms with E-state index in [1.54, 1.807) is 4.68 Å². The number of nitrogens with zero attached hydrogens (tertiary/aromatic N) is 4. The monoisotopic (exact) mass is 415 g/mol. The van der Waals surface area contributed by atoms with E-state index in [2.05, 4.69) is 47.5 Å². The lowest BCUT2D eigenvalue weighted by molar-refractivity contribution is 0.776. The van der Waals surface area contributed by atoms with Gasteiger partial charge in [-0.2, -0.15) is 10.4 Å². The van der Waals surface area contributed by atoms with Gasteiger partial charge in [0.15, 0.2) is 5.96 Å². The van der Waals surface area contributed by atoms with E-state index in [0.29, 0.717) is 48.3 Å². The summed E-state index contributed by atoms with van der Waals surface area (Å²) in [5.41, 5.74) is 17.4. The lowest BCUT2D eigenvalue weighted by Gasteiger charge is -2.09. The van der Waals surface area contributed by atoms with E-state index < -0.39 is 0 Å². The Labute approximate surface area is 183 Å². The van der Waals surface area contributed by atoms with Crippen molar-refractivity contribution < 1.29 is 0 Å². The van der Waals surface area contributed by atoms with Crippen molar-refractivity contribution in [2.75, 3.05) is 17.6 Å². The van der Waals surface area contributed by atoms with Crippen LogP contribution in [0.3, 0.4) is 0 Å². The predicted octanol–water partition coefficient (Wildman–Crippen LogP) is 4.12. The van der Waals surface area contributed by atoms with Crippen LogP contribution in [0.1, 0.15) is 48.6 Å². The number of hydrogen-bond donors (Lipinski definition) is 3. The topological polar surface area (TPSA) is 118 Å². The van der Waals surface area contributed by atoms with E-state index in [1.165, 1.54) is 5.56 Å². The predicted molar refractivity (Wildman–Crippen MR) is 126 cm³/mol. The van der Waals surface area contributed by atoms with Gasteiger partial charge in [-0.25, -0.2) is 4.68 Å². The summed E-state index contributed by atoms with van der Waals surface area (Å²) in [4.78, 5) is 4.40. The Morgan fingerprint density at radius 2 is 1.97 bits per heavy atom. The normalized spacial score (nSPS) is 11.5. The third-order valence-electron chi connectivity index (χ3n) is 5.06. The molecule has 0 amide bonds. The van der Waals surface area contributed by atoms with Gasteiger partial charge in [-0.1, -0.05) is 43.7 Å². The summed E-state index contributed by atoms with van der Waals surface area (Å²) in [5.74, 6) is 1.17. The Kier molecular flexibility index (Phi) is 6.93. The highest BCUT2D eigenvalue weighted by molar-refractivity contribution is 5.92. The van der Waals surface area contributed by atoms with Crippen LogP contribution in [0.4, 0.5) is 11.5 Å². The molecule has 7 heteroatoms. The Bertz CT molecular complexity index is 1100. The summed E-state index contributed by atoms with van der Waals surface area (Å²) in [7, 11) is 0. The average Bonchev–Trinajstić information content (AvgIpc) is 3.07. The number of nitrogens with two attached hydrogens (primary N) is 2. The number of aromatic nitrogens is 2.